The predicted octanol–water partition coefficient (Wildman–Crippen LogP) is 3.12. The van der Waals surface area contributed by atoms with Gasteiger partial charge in [-0.2, -0.15) is 0 Å². The van der Waals surface area contributed by atoms with E-state index in [0.29, 0.717) is 16.7 Å². The number of hydrogen-bond donors (Lipinski definition) is 1. The summed E-state index contributed by atoms with van der Waals surface area (Å²) >= 11 is 0. The van der Waals surface area contributed by atoms with Crippen molar-refractivity contribution in [2.24, 2.45) is 22.2 Å². The molecule has 0 aromatic rings. The standard InChI is InChI=1S/C15H25NO/c1-4-16-12(17)15-7-11-5-13(2,9-15)8-14(3,6-11)10-15/h11H,4-10H2,1-3H3,(H,16,17)/t11?,13-,14+,15?. The molecule has 4 aliphatic rings. The lowest BCUT2D eigenvalue weighted by atomic mass is 9.40. The minimum atomic E-state index is -0.0150. The molecule has 0 heterocycles. The molecule has 1 N–H and O–H groups in total. The van der Waals surface area contributed by atoms with E-state index in [1.54, 1.807) is 0 Å². The van der Waals surface area contributed by atoms with Crippen LogP contribution in [0.4, 0.5) is 0 Å². The topological polar surface area (TPSA) is 29.1 Å². The highest BCUT2D eigenvalue weighted by atomic mass is 16.2. The maximum Gasteiger partial charge on any atom is 0.226 e. The first-order valence-corrected chi connectivity index (χ1v) is 7.17. The maximum atomic E-state index is 12.5. The molecule has 4 saturated carbocycles. The van der Waals surface area contributed by atoms with Gasteiger partial charge in [-0.05, 0) is 62.2 Å². The summed E-state index contributed by atoms with van der Waals surface area (Å²) in [6.07, 6.45) is 7.50. The molecule has 4 fully saturated rings. The lowest BCUT2D eigenvalue weighted by molar-refractivity contribution is -0.170. The van der Waals surface area contributed by atoms with Crippen LogP contribution in [-0.2, 0) is 4.79 Å². The number of carbonyl (C=O) groups is 1. The summed E-state index contributed by atoms with van der Waals surface area (Å²) in [5.41, 5.74) is 0.872. The van der Waals surface area contributed by atoms with Crippen molar-refractivity contribution in [1.82, 2.24) is 5.32 Å². The zero-order valence-electron chi connectivity index (χ0n) is 11.4. The molecule has 0 aromatic heterocycles. The summed E-state index contributed by atoms with van der Waals surface area (Å²) in [7, 11) is 0. The van der Waals surface area contributed by atoms with Crippen molar-refractivity contribution in [3.8, 4) is 0 Å². The van der Waals surface area contributed by atoms with Crippen LogP contribution in [0.2, 0.25) is 0 Å². The Morgan fingerprint density at radius 1 is 1.12 bits per heavy atom. The first-order chi connectivity index (χ1) is 7.89. The van der Waals surface area contributed by atoms with Gasteiger partial charge in [-0.1, -0.05) is 13.8 Å². The Morgan fingerprint density at radius 3 is 2.18 bits per heavy atom. The molecule has 0 aliphatic heterocycles. The van der Waals surface area contributed by atoms with Gasteiger partial charge in [-0.3, -0.25) is 4.79 Å². The van der Waals surface area contributed by atoms with Crippen molar-refractivity contribution in [3.05, 3.63) is 0 Å². The molecule has 4 bridgehead atoms. The Labute approximate surface area is 105 Å². The van der Waals surface area contributed by atoms with Crippen LogP contribution < -0.4 is 5.32 Å². The number of carbonyl (C=O) groups excluding carboxylic acids is 1. The zero-order valence-corrected chi connectivity index (χ0v) is 11.4. The van der Waals surface area contributed by atoms with Crippen molar-refractivity contribution < 1.29 is 4.79 Å². The smallest absolute Gasteiger partial charge is 0.226 e. The van der Waals surface area contributed by atoms with Gasteiger partial charge in [-0.25, -0.2) is 0 Å². The van der Waals surface area contributed by atoms with Gasteiger partial charge in [0.1, 0.15) is 0 Å². The fourth-order valence-corrected chi connectivity index (χ4v) is 6.05. The highest BCUT2D eigenvalue weighted by molar-refractivity contribution is 5.83. The first-order valence-electron chi connectivity index (χ1n) is 7.17. The van der Waals surface area contributed by atoms with Crippen LogP contribution in [0.25, 0.3) is 0 Å². The van der Waals surface area contributed by atoms with E-state index in [1.807, 2.05) is 6.92 Å². The van der Waals surface area contributed by atoms with E-state index < -0.39 is 0 Å². The molecule has 2 unspecified atom stereocenters. The van der Waals surface area contributed by atoms with Gasteiger partial charge >= 0.3 is 0 Å². The van der Waals surface area contributed by atoms with Gasteiger partial charge in [0.25, 0.3) is 0 Å². The van der Waals surface area contributed by atoms with Crippen LogP contribution in [0, 0.1) is 22.2 Å². The molecule has 4 aliphatic carbocycles. The fraction of sp³-hybridized carbons (Fsp3) is 0.933. The van der Waals surface area contributed by atoms with Crippen molar-refractivity contribution in [2.45, 2.75) is 59.3 Å². The normalized spacial score (nSPS) is 51.6. The third kappa shape index (κ3) is 1.63. The molecule has 4 rings (SSSR count). The van der Waals surface area contributed by atoms with Gasteiger partial charge < -0.3 is 5.32 Å². The second-order valence-electron chi connectivity index (χ2n) is 7.77. The van der Waals surface area contributed by atoms with Crippen molar-refractivity contribution in [3.63, 3.8) is 0 Å². The lowest BCUT2D eigenvalue weighted by Crippen LogP contribution is -2.59. The second-order valence-corrected chi connectivity index (χ2v) is 7.77. The van der Waals surface area contributed by atoms with Crippen LogP contribution in [0.15, 0.2) is 0 Å². The third-order valence-corrected chi connectivity index (χ3v) is 5.45. The van der Waals surface area contributed by atoms with Crippen LogP contribution in [-0.4, -0.2) is 12.5 Å². The summed E-state index contributed by atoms with van der Waals surface area (Å²) in [5.74, 6) is 1.16. The zero-order chi connectivity index (χ0) is 12.3. The monoisotopic (exact) mass is 235 g/mol. The largest absolute Gasteiger partial charge is 0.356 e. The highest BCUT2D eigenvalue weighted by Crippen LogP contribution is 2.69. The number of amides is 1. The highest BCUT2D eigenvalue weighted by Gasteiger charge is 2.62. The number of nitrogens with one attached hydrogen (secondary N) is 1. The molecule has 0 saturated heterocycles. The molecule has 2 nitrogen and oxygen atoms in total. The van der Waals surface area contributed by atoms with E-state index in [2.05, 4.69) is 19.2 Å². The van der Waals surface area contributed by atoms with Gasteiger partial charge in [0.2, 0.25) is 5.91 Å². The van der Waals surface area contributed by atoms with Crippen molar-refractivity contribution in [2.75, 3.05) is 6.54 Å². The Balaban J connectivity index is 1.94. The van der Waals surface area contributed by atoms with Gasteiger partial charge in [-0.15, -0.1) is 0 Å². The second kappa shape index (κ2) is 3.27. The Kier molecular flexibility index (Phi) is 2.22. The van der Waals surface area contributed by atoms with E-state index >= 15 is 0 Å². The van der Waals surface area contributed by atoms with Crippen LogP contribution >= 0.6 is 0 Å². The van der Waals surface area contributed by atoms with Crippen LogP contribution in [0.3, 0.4) is 0 Å². The van der Waals surface area contributed by atoms with Crippen LogP contribution in [0.1, 0.15) is 59.3 Å². The summed E-state index contributed by atoms with van der Waals surface area (Å²) in [5, 5.41) is 3.10. The lowest BCUT2D eigenvalue weighted by Gasteiger charge is -2.64. The molecule has 0 radical (unpaired) electrons. The Bertz CT molecular complexity index is 344. The molecule has 0 aromatic carbocycles. The fourth-order valence-electron chi connectivity index (χ4n) is 6.05. The number of hydrogen-bond acceptors (Lipinski definition) is 1. The van der Waals surface area contributed by atoms with Crippen molar-refractivity contribution in [1.29, 1.82) is 0 Å². The van der Waals surface area contributed by atoms with E-state index in [1.165, 1.54) is 19.3 Å². The molecule has 17 heavy (non-hydrogen) atoms. The van der Waals surface area contributed by atoms with Crippen molar-refractivity contribution >= 4 is 5.91 Å². The minimum Gasteiger partial charge on any atom is -0.356 e. The minimum absolute atomic E-state index is 0.0150. The van der Waals surface area contributed by atoms with E-state index in [-0.39, 0.29) is 5.41 Å². The quantitative estimate of drug-likeness (QED) is 0.783. The van der Waals surface area contributed by atoms with E-state index in [9.17, 15) is 4.79 Å². The average Bonchev–Trinajstić information content (AvgIpc) is 2.11. The molecule has 96 valence electrons. The summed E-state index contributed by atoms with van der Waals surface area (Å²) < 4.78 is 0. The van der Waals surface area contributed by atoms with Gasteiger partial charge in [0.15, 0.2) is 0 Å². The first kappa shape index (κ1) is 11.6. The maximum absolute atomic E-state index is 12.5. The van der Waals surface area contributed by atoms with Gasteiger partial charge in [0, 0.05) is 6.54 Å². The summed E-state index contributed by atoms with van der Waals surface area (Å²) in [6.45, 7) is 7.65. The van der Waals surface area contributed by atoms with E-state index in [0.717, 1.165) is 31.7 Å². The van der Waals surface area contributed by atoms with Gasteiger partial charge in [0.05, 0.1) is 5.41 Å². The summed E-state index contributed by atoms with van der Waals surface area (Å²) in [6, 6.07) is 0. The van der Waals surface area contributed by atoms with E-state index in [4.69, 9.17) is 0 Å². The Morgan fingerprint density at radius 2 is 1.71 bits per heavy atom. The number of rotatable bonds is 2. The summed E-state index contributed by atoms with van der Waals surface area (Å²) in [4.78, 5) is 12.5. The molecule has 2 heteroatoms. The molecular formula is C15H25NO. The van der Waals surface area contributed by atoms with Crippen LogP contribution in [0.5, 0.6) is 0 Å². The molecule has 4 atom stereocenters. The predicted molar refractivity (Wildman–Crippen MR) is 68.5 cm³/mol. The SMILES string of the molecule is CCNC(=O)C12CC3C[C@@](C)(C1)C[C@](C)(C3)C2. The third-order valence-electron chi connectivity index (χ3n) is 5.45. The molecular weight excluding hydrogens is 210 g/mol. The average molecular weight is 235 g/mol. The molecule has 0 spiro atoms. The molecule has 1 amide bonds. The Hall–Kier alpha value is -0.530.